The quantitative estimate of drug-likeness (QED) is 0.0261. The van der Waals surface area contributed by atoms with Gasteiger partial charge in [-0.15, -0.1) is 0 Å². The van der Waals surface area contributed by atoms with Gasteiger partial charge in [0, 0.05) is 12.8 Å². The summed E-state index contributed by atoms with van der Waals surface area (Å²) in [7, 11) is 0. The molecule has 0 bridgehead atoms. The van der Waals surface area contributed by atoms with Crippen molar-refractivity contribution in [1.82, 2.24) is 0 Å². The third kappa shape index (κ3) is 56.6. The average Bonchev–Trinajstić information content (AvgIpc) is 3.37. The Morgan fingerprint density at radius 3 is 1.00 bits per heavy atom. The Hall–Kier alpha value is -4.19. The van der Waals surface area contributed by atoms with Gasteiger partial charge in [0.15, 0.2) is 6.10 Å². The summed E-state index contributed by atoms with van der Waals surface area (Å²) in [5.41, 5.74) is 0. The van der Waals surface area contributed by atoms with Crippen molar-refractivity contribution < 1.29 is 28.6 Å². The highest BCUT2D eigenvalue weighted by atomic mass is 16.6. The van der Waals surface area contributed by atoms with E-state index in [4.69, 9.17) is 14.2 Å². The van der Waals surface area contributed by atoms with E-state index in [0.717, 1.165) is 109 Å². The average molecular weight is 984 g/mol. The normalized spacial score (nSPS) is 13.0. The molecule has 0 amide bonds. The van der Waals surface area contributed by atoms with Crippen LogP contribution in [0.4, 0.5) is 0 Å². The number of allylic oxidation sites excluding steroid dienone is 19. The van der Waals surface area contributed by atoms with Crippen LogP contribution < -0.4 is 0 Å². The van der Waals surface area contributed by atoms with Gasteiger partial charge >= 0.3 is 17.9 Å². The minimum Gasteiger partial charge on any atom is -0.462 e. The third-order valence-electron chi connectivity index (χ3n) is 12.0. The molecule has 0 radical (unpaired) electrons. The maximum atomic E-state index is 12.9. The van der Waals surface area contributed by atoms with Gasteiger partial charge in [-0.25, -0.2) is 0 Å². The first kappa shape index (κ1) is 66.8. The summed E-state index contributed by atoms with van der Waals surface area (Å²) in [4.78, 5) is 38.1. The van der Waals surface area contributed by atoms with Gasteiger partial charge in [-0.05, 0) is 109 Å². The summed E-state index contributed by atoms with van der Waals surface area (Å²) in [5, 5.41) is 0. The van der Waals surface area contributed by atoms with Crippen LogP contribution in [0.25, 0.3) is 0 Å². The first-order valence-corrected chi connectivity index (χ1v) is 29.0. The summed E-state index contributed by atoms with van der Waals surface area (Å²) < 4.78 is 16.8. The molecule has 0 N–H and O–H groups in total. The molecule has 1 atom stereocenters. The van der Waals surface area contributed by atoms with Gasteiger partial charge in [-0.2, -0.15) is 0 Å². The number of carbonyl (C=O) groups is 3. The van der Waals surface area contributed by atoms with E-state index in [1.54, 1.807) is 6.08 Å². The van der Waals surface area contributed by atoms with Crippen molar-refractivity contribution in [3.05, 3.63) is 122 Å². The second kappa shape index (κ2) is 58.4. The number of unbranched alkanes of at least 4 members (excludes halogenated alkanes) is 21. The highest BCUT2D eigenvalue weighted by Crippen LogP contribution is 2.14. The lowest BCUT2D eigenvalue weighted by molar-refractivity contribution is -0.166. The van der Waals surface area contributed by atoms with E-state index in [9.17, 15) is 14.4 Å². The van der Waals surface area contributed by atoms with Crippen molar-refractivity contribution in [3.63, 3.8) is 0 Å². The van der Waals surface area contributed by atoms with Crippen LogP contribution in [-0.2, 0) is 28.6 Å². The van der Waals surface area contributed by atoms with Crippen molar-refractivity contribution in [2.45, 2.75) is 258 Å². The van der Waals surface area contributed by atoms with Crippen LogP contribution in [0, 0.1) is 0 Å². The predicted octanol–water partition coefficient (Wildman–Crippen LogP) is 19.6. The van der Waals surface area contributed by atoms with Gasteiger partial charge in [0.25, 0.3) is 0 Å². The minimum atomic E-state index is -0.829. The van der Waals surface area contributed by atoms with Gasteiger partial charge in [0.1, 0.15) is 13.2 Å². The van der Waals surface area contributed by atoms with Crippen LogP contribution in [0.1, 0.15) is 252 Å². The number of hydrogen-bond acceptors (Lipinski definition) is 6. The molecule has 0 aromatic rings. The molecular formula is C65H106O6. The lowest BCUT2D eigenvalue weighted by Crippen LogP contribution is -2.30. The summed E-state index contributed by atoms with van der Waals surface area (Å²) in [5.74, 6) is -1.07. The molecule has 0 fully saturated rings. The van der Waals surface area contributed by atoms with Crippen molar-refractivity contribution in [3.8, 4) is 0 Å². The topological polar surface area (TPSA) is 78.9 Å². The molecule has 0 rings (SSSR count). The van der Waals surface area contributed by atoms with Crippen molar-refractivity contribution in [1.29, 1.82) is 0 Å². The summed E-state index contributed by atoms with van der Waals surface area (Å²) >= 11 is 0. The molecule has 0 heterocycles. The predicted molar refractivity (Wildman–Crippen MR) is 306 cm³/mol. The first-order chi connectivity index (χ1) is 35.0. The molecule has 0 aliphatic carbocycles. The molecule has 0 saturated heterocycles. The maximum absolute atomic E-state index is 12.9. The first-order valence-electron chi connectivity index (χ1n) is 29.0. The zero-order chi connectivity index (χ0) is 51.4. The fraction of sp³-hybridized carbons (Fsp3) is 0.646. The summed E-state index contributed by atoms with van der Waals surface area (Å²) in [6, 6.07) is 0. The van der Waals surface area contributed by atoms with Gasteiger partial charge in [-0.3, -0.25) is 14.4 Å². The molecule has 0 spiro atoms. The Bertz CT molecular complexity index is 1500. The van der Waals surface area contributed by atoms with E-state index in [1.165, 1.54) is 103 Å². The number of esters is 3. The van der Waals surface area contributed by atoms with Crippen LogP contribution in [-0.4, -0.2) is 37.2 Å². The SMILES string of the molecule is CC/C=C\C/C=C\C/C=C\C/C=C\C/C=C\CC(=O)OCC(COC(=O)CCCCCCCC/C=C\C/C=C\C/C=C\C/C=C\CC)OC(=O)CCCCCCCCCCC/C=C\CCCCCCCC. The molecule has 0 aromatic carbocycles. The zero-order valence-corrected chi connectivity index (χ0v) is 45.9. The number of carbonyl (C=O) groups excluding carboxylic acids is 3. The Morgan fingerprint density at radius 1 is 0.310 bits per heavy atom. The molecule has 71 heavy (non-hydrogen) atoms. The molecule has 6 heteroatoms. The smallest absolute Gasteiger partial charge is 0.309 e. The van der Waals surface area contributed by atoms with Gasteiger partial charge in [-0.1, -0.05) is 245 Å². The zero-order valence-electron chi connectivity index (χ0n) is 45.9. The van der Waals surface area contributed by atoms with E-state index in [2.05, 4.69) is 130 Å². The Balaban J connectivity index is 4.51. The Kier molecular flexibility index (Phi) is 54.9. The fourth-order valence-corrected chi connectivity index (χ4v) is 7.68. The number of ether oxygens (including phenoxy) is 3. The van der Waals surface area contributed by atoms with Gasteiger partial charge < -0.3 is 14.2 Å². The number of hydrogen-bond donors (Lipinski definition) is 0. The Morgan fingerprint density at radius 2 is 0.606 bits per heavy atom. The monoisotopic (exact) mass is 983 g/mol. The molecule has 1 unspecified atom stereocenters. The molecule has 0 saturated carbocycles. The van der Waals surface area contributed by atoms with E-state index in [1.807, 2.05) is 6.08 Å². The van der Waals surface area contributed by atoms with Crippen LogP contribution in [0.5, 0.6) is 0 Å². The lowest BCUT2D eigenvalue weighted by Gasteiger charge is -2.18. The standard InChI is InChI=1S/C65H106O6/c1-4-7-10-13-16-19-22-25-28-30-32-34-37-40-43-46-49-52-55-58-64(67)70-61-62(60-69-63(66)57-54-51-48-45-42-39-36-27-24-21-18-15-12-9-6-3)71-65(68)59-56-53-50-47-44-41-38-35-33-31-29-26-23-20-17-14-11-8-5-2/h7,9-10,12,16,18-19,21,25-29,32,34,36,42,45,51,54,62H,4-6,8,11,13-15,17,20,22-24,30-31,33,35,37-41,43-44,46-50,52-53,55-61H2,1-3H3/b10-7-,12-9-,19-16-,21-18-,28-25-,29-26-,34-32-,36-27-,45-42-,54-51-. The van der Waals surface area contributed by atoms with Crippen molar-refractivity contribution in [2.75, 3.05) is 13.2 Å². The van der Waals surface area contributed by atoms with Crippen LogP contribution in [0.3, 0.4) is 0 Å². The second-order valence-corrected chi connectivity index (χ2v) is 18.8. The minimum absolute atomic E-state index is 0.119. The molecule has 402 valence electrons. The van der Waals surface area contributed by atoms with E-state index < -0.39 is 12.1 Å². The molecule has 0 aliphatic rings. The van der Waals surface area contributed by atoms with Crippen LogP contribution >= 0.6 is 0 Å². The highest BCUT2D eigenvalue weighted by Gasteiger charge is 2.19. The maximum Gasteiger partial charge on any atom is 0.309 e. The second-order valence-electron chi connectivity index (χ2n) is 18.8. The van der Waals surface area contributed by atoms with Crippen molar-refractivity contribution >= 4 is 17.9 Å². The fourth-order valence-electron chi connectivity index (χ4n) is 7.68. The molecular weight excluding hydrogens is 877 g/mol. The van der Waals surface area contributed by atoms with Gasteiger partial charge in [0.2, 0.25) is 0 Å². The van der Waals surface area contributed by atoms with E-state index in [-0.39, 0.29) is 31.6 Å². The van der Waals surface area contributed by atoms with E-state index in [0.29, 0.717) is 12.8 Å². The highest BCUT2D eigenvalue weighted by molar-refractivity contribution is 5.72. The van der Waals surface area contributed by atoms with Crippen molar-refractivity contribution in [2.24, 2.45) is 0 Å². The third-order valence-corrected chi connectivity index (χ3v) is 12.0. The number of rotatable bonds is 51. The van der Waals surface area contributed by atoms with E-state index >= 15 is 0 Å². The lowest BCUT2D eigenvalue weighted by atomic mass is 10.1. The van der Waals surface area contributed by atoms with Crippen LogP contribution in [0.15, 0.2) is 122 Å². The molecule has 6 nitrogen and oxygen atoms in total. The largest absolute Gasteiger partial charge is 0.462 e. The molecule has 0 aromatic heterocycles. The summed E-state index contributed by atoms with van der Waals surface area (Å²) in [6.45, 7) is 6.31. The van der Waals surface area contributed by atoms with Gasteiger partial charge in [0.05, 0.1) is 6.42 Å². The molecule has 0 aliphatic heterocycles. The van der Waals surface area contributed by atoms with Crippen LogP contribution in [0.2, 0.25) is 0 Å². The summed E-state index contributed by atoms with van der Waals surface area (Å²) in [6.07, 6.45) is 80.7. The Labute approximate surface area is 437 Å².